The van der Waals surface area contributed by atoms with Crippen LogP contribution in [-0.4, -0.2) is 37.8 Å². The Bertz CT molecular complexity index is 364. The molecule has 1 aromatic rings. The monoisotopic (exact) mass is 249 g/mol. The molecular weight excluding hydrogens is 226 g/mol. The van der Waals surface area contributed by atoms with Gasteiger partial charge in [0.05, 0.1) is 7.11 Å². The van der Waals surface area contributed by atoms with Gasteiger partial charge in [-0.2, -0.15) is 4.98 Å². The maximum atomic E-state index is 5.22. The van der Waals surface area contributed by atoms with Crippen molar-refractivity contribution < 1.29 is 4.74 Å². The lowest BCUT2D eigenvalue weighted by Crippen LogP contribution is -2.46. The van der Waals surface area contributed by atoms with Crippen LogP contribution in [0, 0.1) is 0 Å². The quantitative estimate of drug-likeness (QED) is 0.866. The highest BCUT2D eigenvalue weighted by Gasteiger charge is 2.21. The second kappa shape index (κ2) is 6.59. The van der Waals surface area contributed by atoms with Gasteiger partial charge in [-0.25, -0.2) is 0 Å². The van der Waals surface area contributed by atoms with Gasteiger partial charge in [0, 0.05) is 25.2 Å². The predicted molar refractivity (Wildman–Crippen MR) is 74.3 cm³/mol. The summed E-state index contributed by atoms with van der Waals surface area (Å²) in [5.41, 5.74) is 0. The van der Waals surface area contributed by atoms with E-state index in [0.29, 0.717) is 11.9 Å². The number of rotatable bonds is 5. The molecule has 0 aromatic carbocycles. The summed E-state index contributed by atoms with van der Waals surface area (Å²) in [6.45, 7) is 5.46. The van der Waals surface area contributed by atoms with Gasteiger partial charge in [0.1, 0.15) is 5.82 Å². The number of ether oxygens (including phenoxy) is 1. The molecule has 0 radical (unpaired) electrons. The molecule has 1 fully saturated rings. The molecule has 4 heteroatoms. The average molecular weight is 249 g/mol. The molecule has 1 atom stereocenters. The highest BCUT2D eigenvalue weighted by molar-refractivity contribution is 5.42. The lowest BCUT2D eigenvalue weighted by Gasteiger charge is -2.35. The van der Waals surface area contributed by atoms with E-state index in [9.17, 15) is 0 Å². The number of methoxy groups -OCH3 is 1. The van der Waals surface area contributed by atoms with Crippen molar-refractivity contribution in [2.75, 3.05) is 31.6 Å². The van der Waals surface area contributed by atoms with E-state index >= 15 is 0 Å². The maximum absolute atomic E-state index is 5.22. The zero-order valence-electron chi connectivity index (χ0n) is 11.4. The lowest BCUT2D eigenvalue weighted by atomic mass is 10.1. The topological polar surface area (TPSA) is 37.4 Å². The Morgan fingerprint density at radius 3 is 3.06 bits per heavy atom. The minimum absolute atomic E-state index is 0.554. The van der Waals surface area contributed by atoms with Gasteiger partial charge in [0.15, 0.2) is 0 Å². The second-order valence-corrected chi connectivity index (χ2v) is 4.73. The van der Waals surface area contributed by atoms with Crippen molar-refractivity contribution in [3.8, 4) is 5.88 Å². The van der Waals surface area contributed by atoms with Gasteiger partial charge in [-0.1, -0.05) is 13.0 Å². The normalized spacial score (nSPS) is 19.6. The van der Waals surface area contributed by atoms with E-state index in [4.69, 9.17) is 4.74 Å². The molecule has 1 aromatic heterocycles. The Hall–Kier alpha value is -1.29. The first-order chi connectivity index (χ1) is 8.85. The van der Waals surface area contributed by atoms with Crippen LogP contribution in [0.5, 0.6) is 5.88 Å². The molecule has 4 nitrogen and oxygen atoms in total. The molecule has 1 N–H and O–H groups in total. The summed E-state index contributed by atoms with van der Waals surface area (Å²) in [4.78, 5) is 6.97. The molecule has 0 saturated carbocycles. The van der Waals surface area contributed by atoms with Crippen LogP contribution < -0.4 is 15.0 Å². The summed E-state index contributed by atoms with van der Waals surface area (Å²) < 4.78 is 5.22. The molecule has 2 rings (SSSR count). The van der Waals surface area contributed by atoms with Gasteiger partial charge in [0.2, 0.25) is 5.88 Å². The Morgan fingerprint density at radius 1 is 1.50 bits per heavy atom. The summed E-state index contributed by atoms with van der Waals surface area (Å²) >= 11 is 0. The summed E-state index contributed by atoms with van der Waals surface area (Å²) in [5, 5.41) is 3.47. The van der Waals surface area contributed by atoms with Crippen LogP contribution in [0.2, 0.25) is 0 Å². The molecular formula is C14H23N3O. The Balaban J connectivity index is 2.16. The molecule has 1 saturated heterocycles. The predicted octanol–water partition coefficient (Wildman–Crippen LogP) is 2.06. The van der Waals surface area contributed by atoms with Crippen LogP contribution >= 0.6 is 0 Å². The van der Waals surface area contributed by atoms with E-state index < -0.39 is 0 Å². The number of pyridine rings is 1. The molecule has 0 spiro atoms. The highest BCUT2D eigenvalue weighted by atomic mass is 16.5. The van der Waals surface area contributed by atoms with E-state index in [1.165, 1.54) is 12.8 Å². The maximum Gasteiger partial charge on any atom is 0.214 e. The first-order valence-corrected chi connectivity index (χ1v) is 6.83. The van der Waals surface area contributed by atoms with Crippen molar-refractivity contribution in [3.05, 3.63) is 18.2 Å². The standard InChI is InChI=1S/C14H23N3O/c1-3-10-17(12-6-5-9-15-11-12)13-7-4-8-14(16-13)18-2/h4,7-8,12,15H,3,5-6,9-11H2,1-2H3. The minimum Gasteiger partial charge on any atom is -0.481 e. The fourth-order valence-corrected chi connectivity index (χ4v) is 2.50. The fraction of sp³-hybridized carbons (Fsp3) is 0.643. The molecule has 0 amide bonds. The zero-order valence-corrected chi connectivity index (χ0v) is 11.4. The van der Waals surface area contributed by atoms with Crippen molar-refractivity contribution >= 4 is 5.82 Å². The van der Waals surface area contributed by atoms with E-state index in [-0.39, 0.29) is 0 Å². The van der Waals surface area contributed by atoms with E-state index in [1.807, 2.05) is 12.1 Å². The number of nitrogens with one attached hydrogen (secondary N) is 1. The lowest BCUT2D eigenvalue weighted by molar-refractivity contribution is 0.394. The number of anilines is 1. The van der Waals surface area contributed by atoms with Gasteiger partial charge < -0.3 is 15.0 Å². The smallest absolute Gasteiger partial charge is 0.214 e. The van der Waals surface area contributed by atoms with E-state index in [1.54, 1.807) is 7.11 Å². The number of nitrogens with zero attached hydrogens (tertiary/aromatic N) is 2. The fourth-order valence-electron chi connectivity index (χ4n) is 2.50. The molecule has 1 aliphatic heterocycles. The number of hydrogen-bond donors (Lipinski definition) is 1. The molecule has 100 valence electrons. The molecule has 18 heavy (non-hydrogen) atoms. The third-order valence-electron chi connectivity index (χ3n) is 3.39. The van der Waals surface area contributed by atoms with Gasteiger partial charge in [-0.3, -0.25) is 0 Å². The third kappa shape index (κ3) is 3.13. The van der Waals surface area contributed by atoms with Crippen molar-refractivity contribution in [1.29, 1.82) is 0 Å². The molecule has 2 heterocycles. The SMILES string of the molecule is CCCN(c1cccc(OC)n1)C1CCCNC1. The minimum atomic E-state index is 0.554. The Labute approximate surface area is 109 Å². The third-order valence-corrected chi connectivity index (χ3v) is 3.39. The van der Waals surface area contributed by atoms with E-state index in [2.05, 4.69) is 28.2 Å². The molecule has 0 aliphatic carbocycles. The van der Waals surface area contributed by atoms with E-state index in [0.717, 1.165) is 31.9 Å². The van der Waals surface area contributed by atoms with Crippen molar-refractivity contribution in [2.24, 2.45) is 0 Å². The first kappa shape index (κ1) is 13.1. The Morgan fingerprint density at radius 2 is 2.39 bits per heavy atom. The molecule has 1 aliphatic rings. The van der Waals surface area contributed by atoms with Crippen LogP contribution in [-0.2, 0) is 0 Å². The summed E-state index contributed by atoms with van der Waals surface area (Å²) in [7, 11) is 1.67. The first-order valence-electron chi connectivity index (χ1n) is 6.83. The van der Waals surface area contributed by atoms with Crippen LogP contribution in [0.1, 0.15) is 26.2 Å². The Kier molecular flexibility index (Phi) is 4.81. The van der Waals surface area contributed by atoms with Gasteiger partial charge >= 0.3 is 0 Å². The largest absolute Gasteiger partial charge is 0.481 e. The van der Waals surface area contributed by atoms with Crippen molar-refractivity contribution in [2.45, 2.75) is 32.2 Å². The van der Waals surface area contributed by atoms with Crippen molar-refractivity contribution in [1.82, 2.24) is 10.3 Å². The van der Waals surface area contributed by atoms with Crippen LogP contribution in [0.4, 0.5) is 5.82 Å². The molecule has 1 unspecified atom stereocenters. The summed E-state index contributed by atoms with van der Waals surface area (Å²) in [6.07, 6.45) is 3.62. The average Bonchev–Trinajstić information content (AvgIpc) is 2.46. The van der Waals surface area contributed by atoms with Crippen LogP contribution in [0.25, 0.3) is 0 Å². The van der Waals surface area contributed by atoms with Crippen molar-refractivity contribution in [3.63, 3.8) is 0 Å². The summed E-state index contributed by atoms with van der Waals surface area (Å²) in [6, 6.07) is 6.54. The van der Waals surface area contributed by atoms with Gasteiger partial charge in [0.25, 0.3) is 0 Å². The molecule has 0 bridgehead atoms. The number of aromatic nitrogens is 1. The van der Waals surface area contributed by atoms with Gasteiger partial charge in [-0.05, 0) is 31.9 Å². The second-order valence-electron chi connectivity index (χ2n) is 4.73. The summed E-state index contributed by atoms with van der Waals surface area (Å²) in [5.74, 6) is 1.72. The highest BCUT2D eigenvalue weighted by Crippen LogP contribution is 2.21. The zero-order chi connectivity index (χ0) is 12.8. The van der Waals surface area contributed by atoms with Crippen LogP contribution in [0.3, 0.4) is 0 Å². The van der Waals surface area contributed by atoms with Crippen LogP contribution in [0.15, 0.2) is 18.2 Å². The number of hydrogen-bond acceptors (Lipinski definition) is 4. The number of piperidine rings is 1. The van der Waals surface area contributed by atoms with Gasteiger partial charge in [-0.15, -0.1) is 0 Å².